The van der Waals surface area contributed by atoms with Gasteiger partial charge in [-0.25, -0.2) is 4.90 Å². The molecular weight excluding hydrogens is 699 g/mol. The number of carbonyl (C=O) groups is 2. The van der Waals surface area contributed by atoms with Gasteiger partial charge in [-0.05, 0) is 83.5 Å². The Bertz CT molecular complexity index is 2020. The number of nitrogens with zero attached hydrogens (tertiary/aromatic N) is 1. The van der Waals surface area contributed by atoms with E-state index < -0.39 is 8.07 Å². The number of carbonyl (C=O) groups excluding carboxylic acids is 2. The smallest absolute Gasteiger partial charge is 0.267 e. The molecule has 5 aromatic rings. The summed E-state index contributed by atoms with van der Waals surface area (Å²) in [4.78, 5) is 37.3. The third-order valence-electron chi connectivity index (χ3n) is 11.6. The lowest BCUT2D eigenvalue weighted by Crippen LogP contribution is -2.56. The predicted octanol–water partition coefficient (Wildman–Crippen LogP) is 12.6. The zero-order chi connectivity index (χ0) is 35.9. The lowest BCUT2D eigenvalue weighted by Gasteiger charge is -2.35. The highest BCUT2D eigenvalue weighted by Crippen LogP contribution is 2.50. The van der Waals surface area contributed by atoms with Crippen LogP contribution in [0.25, 0.3) is 30.6 Å². The normalized spacial score (nSPS) is 17.6. The Morgan fingerprint density at radius 1 is 0.647 bits per heavy atom. The van der Waals surface area contributed by atoms with E-state index in [1.807, 2.05) is 72.1 Å². The van der Waals surface area contributed by atoms with Gasteiger partial charge in [0.2, 0.25) is 0 Å². The molecule has 0 fully saturated rings. The van der Waals surface area contributed by atoms with Crippen LogP contribution in [0, 0.1) is 25.7 Å². The van der Waals surface area contributed by atoms with Crippen LogP contribution in [0.4, 0.5) is 5.69 Å². The summed E-state index contributed by atoms with van der Waals surface area (Å²) in [5, 5.41) is 3.32. The lowest BCUT2D eigenvalue weighted by atomic mass is 10.0. The Morgan fingerprint density at radius 2 is 1.22 bits per heavy atom. The fourth-order valence-electron chi connectivity index (χ4n) is 8.77. The van der Waals surface area contributed by atoms with Crippen LogP contribution in [0.3, 0.4) is 0 Å². The number of fused-ring (bicyclic) bond motifs is 4. The van der Waals surface area contributed by atoms with Gasteiger partial charge in [0.1, 0.15) is 8.07 Å². The highest BCUT2D eigenvalue weighted by Gasteiger charge is 2.50. The topological polar surface area (TPSA) is 37.4 Å². The highest BCUT2D eigenvalue weighted by molar-refractivity contribution is 7.32. The number of aryl methyl sites for hydroxylation is 2. The van der Waals surface area contributed by atoms with Crippen molar-refractivity contribution < 1.29 is 9.59 Å². The summed E-state index contributed by atoms with van der Waals surface area (Å²) >= 11 is 5.51. The molecule has 7 rings (SSSR count). The van der Waals surface area contributed by atoms with E-state index >= 15 is 0 Å². The maximum atomic E-state index is 14.4. The molecule has 2 aliphatic heterocycles. The standard InChI is InChI=1S/C44H51NO2S3Si/c1-7-11-16-30(9-3)26-51(27-31(10-4)17-12-8-2)36-24-28(5)48-41(36)42-37(51)25-35(50-42)40-39-38(29(6)49-40)43(46)45(44(39)47)34-22-20-33(21-23-34)32-18-14-13-15-19-32/h13-15,18-25,30-31H,7-12,16-17,26-27H2,1-6H3. The monoisotopic (exact) mass is 749 g/mol. The van der Waals surface area contributed by atoms with Gasteiger partial charge in [-0.15, -0.1) is 34.0 Å². The average Bonchev–Trinajstić information content (AvgIpc) is 3.94. The van der Waals surface area contributed by atoms with Crippen LogP contribution in [-0.2, 0) is 0 Å². The van der Waals surface area contributed by atoms with Gasteiger partial charge in [-0.3, -0.25) is 9.59 Å². The van der Waals surface area contributed by atoms with Crippen molar-refractivity contribution in [3.05, 3.63) is 87.6 Å². The van der Waals surface area contributed by atoms with E-state index in [0.29, 0.717) is 16.8 Å². The first kappa shape index (κ1) is 36.3. The van der Waals surface area contributed by atoms with Crippen molar-refractivity contribution in [2.75, 3.05) is 4.90 Å². The largest absolute Gasteiger partial charge is 0.268 e. The minimum absolute atomic E-state index is 0.192. The maximum Gasteiger partial charge on any atom is 0.267 e. The fraction of sp³-hybridized carbons (Fsp3) is 0.409. The first-order valence-corrected chi connectivity index (χ1v) is 24.0. The quantitative estimate of drug-likeness (QED) is 0.0789. The van der Waals surface area contributed by atoms with Crippen molar-refractivity contribution in [1.29, 1.82) is 0 Å². The number of imide groups is 1. The molecule has 2 aromatic carbocycles. The van der Waals surface area contributed by atoms with E-state index in [0.717, 1.165) is 32.7 Å². The second-order valence-electron chi connectivity index (χ2n) is 14.9. The van der Waals surface area contributed by atoms with Crippen LogP contribution in [0.15, 0.2) is 66.7 Å². The van der Waals surface area contributed by atoms with Gasteiger partial charge < -0.3 is 0 Å². The van der Waals surface area contributed by atoms with Crippen LogP contribution < -0.4 is 15.3 Å². The molecule has 2 unspecified atom stereocenters. The van der Waals surface area contributed by atoms with Gasteiger partial charge in [0.05, 0.1) is 21.7 Å². The minimum Gasteiger partial charge on any atom is -0.268 e. The molecule has 0 saturated carbocycles. The molecule has 2 amide bonds. The molecule has 3 nitrogen and oxygen atoms in total. The van der Waals surface area contributed by atoms with E-state index in [4.69, 9.17) is 0 Å². The van der Waals surface area contributed by atoms with E-state index in [2.05, 4.69) is 58.9 Å². The van der Waals surface area contributed by atoms with Crippen molar-refractivity contribution >= 4 is 70.0 Å². The number of benzene rings is 2. The molecular formula is C44H51NO2S3Si. The van der Waals surface area contributed by atoms with Gasteiger partial charge in [0.25, 0.3) is 11.8 Å². The molecule has 0 radical (unpaired) electrons. The fourth-order valence-corrected chi connectivity index (χ4v) is 20.3. The molecule has 51 heavy (non-hydrogen) atoms. The van der Waals surface area contributed by atoms with Gasteiger partial charge in [-0.1, -0.05) is 122 Å². The van der Waals surface area contributed by atoms with Crippen molar-refractivity contribution in [2.45, 2.75) is 105 Å². The van der Waals surface area contributed by atoms with E-state index in [1.54, 1.807) is 21.7 Å². The molecule has 0 aliphatic carbocycles. The summed E-state index contributed by atoms with van der Waals surface area (Å²) in [5.41, 5.74) is 4.00. The Balaban J connectivity index is 1.30. The Hall–Kier alpha value is -3.10. The molecule has 5 heterocycles. The first-order valence-electron chi connectivity index (χ1n) is 19.2. The van der Waals surface area contributed by atoms with Crippen molar-refractivity contribution in [2.24, 2.45) is 11.8 Å². The number of thiophene rings is 3. The van der Waals surface area contributed by atoms with Crippen LogP contribution >= 0.6 is 34.0 Å². The van der Waals surface area contributed by atoms with Gasteiger partial charge in [0, 0.05) is 24.4 Å². The molecule has 266 valence electrons. The van der Waals surface area contributed by atoms with Gasteiger partial charge in [-0.2, -0.15) is 0 Å². The summed E-state index contributed by atoms with van der Waals surface area (Å²) in [5.74, 6) is 1.08. The summed E-state index contributed by atoms with van der Waals surface area (Å²) < 4.78 is 0. The van der Waals surface area contributed by atoms with E-state index in [1.165, 1.54) is 87.9 Å². The SMILES string of the molecule is CCCCC(CC)C[Si]1(CC(CC)CCCC)c2cc(C)sc2-c2sc(-c3sc(C)c4c3C(=O)N(c3ccc(-c5ccccc5)cc3)C4=O)cc21. The first-order chi connectivity index (χ1) is 24.7. The molecule has 2 aliphatic rings. The van der Waals surface area contributed by atoms with Crippen molar-refractivity contribution in [1.82, 2.24) is 0 Å². The number of hydrogen-bond acceptors (Lipinski definition) is 5. The Labute approximate surface area is 317 Å². The van der Waals surface area contributed by atoms with Gasteiger partial charge >= 0.3 is 0 Å². The molecule has 0 N–H and O–H groups in total. The zero-order valence-corrected chi connectivity index (χ0v) is 34.5. The molecule has 7 heteroatoms. The maximum absolute atomic E-state index is 14.4. The number of hydrogen-bond donors (Lipinski definition) is 0. The average molecular weight is 750 g/mol. The predicted molar refractivity (Wildman–Crippen MR) is 225 cm³/mol. The summed E-state index contributed by atoms with van der Waals surface area (Å²) in [6.45, 7) is 13.8. The number of unbranched alkanes of at least 4 members (excludes halogenated alkanes) is 2. The Kier molecular flexibility index (Phi) is 10.7. The summed E-state index contributed by atoms with van der Waals surface area (Å²) in [7, 11) is -2.12. The van der Waals surface area contributed by atoms with Crippen LogP contribution in [-0.4, -0.2) is 19.9 Å². The third kappa shape index (κ3) is 6.47. The zero-order valence-electron chi connectivity index (χ0n) is 31.1. The summed E-state index contributed by atoms with van der Waals surface area (Å²) in [6, 6.07) is 25.8. The van der Waals surface area contributed by atoms with Crippen LogP contribution in [0.5, 0.6) is 0 Å². The van der Waals surface area contributed by atoms with Crippen molar-refractivity contribution in [3.63, 3.8) is 0 Å². The van der Waals surface area contributed by atoms with Crippen molar-refractivity contribution in [3.8, 4) is 30.6 Å². The second kappa shape index (κ2) is 15.1. The van der Waals surface area contributed by atoms with E-state index in [9.17, 15) is 9.59 Å². The van der Waals surface area contributed by atoms with Gasteiger partial charge in [0.15, 0.2) is 0 Å². The number of rotatable bonds is 15. The number of anilines is 1. The Morgan fingerprint density at radius 3 is 1.82 bits per heavy atom. The van der Waals surface area contributed by atoms with E-state index in [-0.39, 0.29) is 11.8 Å². The second-order valence-corrected chi connectivity index (χ2v) is 22.5. The van der Waals surface area contributed by atoms with Crippen LogP contribution in [0.1, 0.15) is 110 Å². The molecule has 3 aromatic heterocycles. The highest BCUT2D eigenvalue weighted by atomic mass is 32.1. The third-order valence-corrected chi connectivity index (χ3v) is 21.0. The molecule has 0 spiro atoms. The lowest BCUT2D eigenvalue weighted by molar-refractivity contribution is 0.0926. The molecule has 0 bridgehead atoms. The minimum atomic E-state index is -2.12. The molecule has 0 saturated heterocycles. The summed E-state index contributed by atoms with van der Waals surface area (Å²) in [6.07, 6.45) is 10.2. The van der Waals surface area contributed by atoms with Crippen LogP contribution in [0.2, 0.25) is 12.1 Å². The number of amides is 2. The molecule has 2 atom stereocenters.